The number of ether oxygens (including phenoxy) is 1. The smallest absolute Gasteiger partial charge is 0.243 e. The molecule has 0 bridgehead atoms. The topological polar surface area (TPSA) is 112 Å². The standard InChI is InChI=1S/C30H42ClN5O4/c1-20(2)27-30(39)34-25(19-36(3)4)28(37)33-14-8-11-22-10-5-6-13-26(22)40-16-15-32-24(29(38)35-27)18-21-9-7-12-23(31)17-21/h5-7,9-10,12-13,17,20,24-25,27,32H,8,11,14-16,18-19H2,1-4H3,(H,33,37)(H,34,39)(H,35,38)/t24-,25+,27-/m1/s1. The molecule has 0 saturated carbocycles. The molecule has 40 heavy (non-hydrogen) atoms. The van der Waals surface area contributed by atoms with Gasteiger partial charge in [-0.2, -0.15) is 0 Å². The Kier molecular flexibility index (Phi) is 12.2. The van der Waals surface area contributed by atoms with Crippen molar-refractivity contribution in [3.05, 3.63) is 64.7 Å². The largest absolute Gasteiger partial charge is 0.492 e. The van der Waals surface area contributed by atoms with Crippen LogP contribution in [-0.4, -0.2) is 81.1 Å². The van der Waals surface area contributed by atoms with Crippen molar-refractivity contribution in [3.8, 4) is 5.75 Å². The molecule has 4 N–H and O–H groups in total. The van der Waals surface area contributed by atoms with Crippen LogP contribution in [0.3, 0.4) is 0 Å². The Morgan fingerprint density at radius 2 is 1.73 bits per heavy atom. The third kappa shape index (κ3) is 9.80. The maximum atomic E-state index is 13.6. The van der Waals surface area contributed by atoms with E-state index in [-0.39, 0.29) is 17.7 Å². The van der Waals surface area contributed by atoms with Crippen LogP contribution in [0.15, 0.2) is 48.5 Å². The van der Waals surface area contributed by atoms with Gasteiger partial charge in [0.15, 0.2) is 0 Å². The molecule has 218 valence electrons. The second-order valence-electron chi connectivity index (χ2n) is 10.7. The SMILES string of the molecule is CC(C)[C@H]1NC(=O)[C@@H](Cc2cccc(Cl)c2)NCCOc2ccccc2CCCNC(=O)[C@H](CN(C)C)NC1=O. The zero-order valence-electron chi connectivity index (χ0n) is 23.8. The van der Waals surface area contributed by atoms with Crippen LogP contribution >= 0.6 is 11.6 Å². The molecular formula is C30H42ClN5O4. The number of halogens is 1. The highest BCUT2D eigenvalue weighted by Gasteiger charge is 2.31. The number of para-hydroxylation sites is 1. The molecule has 0 aromatic heterocycles. The average molecular weight is 572 g/mol. The van der Waals surface area contributed by atoms with Crippen molar-refractivity contribution in [1.82, 2.24) is 26.2 Å². The van der Waals surface area contributed by atoms with Gasteiger partial charge in [-0.05, 0) is 68.6 Å². The second kappa shape index (κ2) is 15.6. The normalized spacial score (nSPS) is 21.9. The summed E-state index contributed by atoms with van der Waals surface area (Å²) in [6.07, 6.45) is 1.82. The molecular weight excluding hydrogens is 530 g/mol. The molecule has 0 fully saturated rings. The summed E-state index contributed by atoms with van der Waals surface area (Å²) in [6, 6.07) is 13.0. The summed E-state index contributed by atoms with van der Waals surface area (Å²) in [5.41, 5.74) is 1.94. The average Bonchev–Trinajstić information content (AvgIpc) is 2.90. The number of hydrogen-bond donors (Lipinski definition) is 4. The monoisotopic (exact) mass is 571 g/mol. The summed E-state index contributed by atoms with van der Waals surface area (Å²) in [5.74, 6) is -0.398. The number of aryl methyl sites for hydroxylation is 1. The van der Waals surface area contributed by atoms with Gasteiger partial charge < -0.3 is 30.9 Å². The van der Waals surface area contributed by atoms with Gasteiger partial charge >= 0.3 is 0 Å². The highest BCUT2D eigenvalue weighted by molar-refractivity contribution is 6.30. The first-order chi connectivity index (χ1) is 19.1. The summed E-state index contributed by atoms with van der Waals surface area (Å²) in [5, 5.41) is 12.7. The van der Waals surface area contributed by atoms with Crippen LogP contribution in [0.1, 0.15) is 31.4 Å². The first-order valence-corrected chi connectivity index (χ1v) is 14.2. The number of likely N-dealkylation sites (N-methyl/N-ethyl adjacent to an activating group) is 1. The van der Waals surface area contributed by atoms with Crippen LogP contribution in [0.25, 0.3) is 0 Å². The van der Waals surface area contributed by atoms with E-state index < -0.39 is 24.0 Å². The van der Waals surface area contributed by atoms with E-state index in [0.29, 0.717) is 37.7 Å². The van der Waals surface area contributed by atoms with Gasteiger partial charge in [-0.15, -0.1) is 0 Å². The number of amides is 3. The minimum absolute atomic E-state index is 0.204. The van der Waals surface area contributed by atoms with Crippen molar-refractivity contribution in [2.45, 2.75) is 51.2 Å². The number of hydrogen-bond acceptors (Lipinski definition) is 6. The lowest BCUT2D eigenvalue weighted by molar-refractivity contribution is -0.133. The van der Waals surface area contributed by atoms with Gasteiger partial charge in [-0.3, -0.25) is 14.4 Å². The minimum atomic E-state index is -0.823. The van der Waals surface area contributed by atoms with Crippen molar-refractivity contribution >= 4 is 29.3 Å². The van der Waals surface area contributed by atoms with Gasteiger partial charge in [-0.1, -0.05) is 55.8 Å². The summed E-state index contributed by atoms with van der Waals surface area (Å²) in [7, 11) is 3.69. The molecule has 0 saturated heterocycles. The Balaban J connectivity index is 1.87. The maximum Gasteiger partial charge on any atom is 0.243 e. The fraction of sp³-hybridized carbons (Fsp3) is 0.500. The molecule has 3 rings (SSSR count). The molecule has 2 aromatic rings. The number of benzene rings is 2. The van der Waals surface area contributed by atoms with Gasteiger partial charge in [0.25, 0.3) is 0 Å². The molecule has 3 atom stereocenters. The number of carbonyl (C=O) groups excluding carboxylic acids is 3. The Bertz CT molecular complexity index is 1140. The van der Waals surface area contributed by atoms with E-state index in [1.807, 2.05) is 75.3 Å². The Hall–Kier alpha value is -3.14. The Morgan fingerprint density at radius 1 is 0.950 bits per heavy atom. The molecule has 0 spiro atoms. The number of fused-ring (bicyclic) bond motifs is 1. The van der Waals surface area contributed by atoms with Crippen LogP contribution < -0.4 is 26.0 Å². The summed E-state index contributed by atoms with van der Waals surface area (Å²) in [4.78, 5) is 41.9. The van der Waals surface area contributed by atoms with E-state index in [2.05, 4.69) is 21.3 Å². The summed E-state index contributed by atoms with van der Waals surface area (Å²) < 4.78 is 6.07. The molecule has 2 aromatic carbocycles. The van der Waals surface area contributed by atoms with Gasteiger partial charge in [0.2, 0.25) is 17.7 Å². The van der Waals surface area contributed by atoms with Gasteiger partial charge in [0, 0.05) is 24.7 Å². The van der Waals surface area contributed by atoms with Crippen molar-refractivity contribution in [2.24, 2.45) is 5.92 Å². The number of nitrogens with zero attached hydrogens (tertiary/aromatic N) is 1. The lowest BCUT2D eigenvalue weighted by Crippen LogP contribution is -2.59. The van der Waals surface area contributed by atoms with Crippen LogP contribution in [0.5, 0.6) is 5.75 Å². The second-order valence-corrected chi connectivity index (χ2v) is 11.2. The zero-order valence-corrected chi connectivity index (χ0v) is 24.6. The zero-order chi connectivity index (χ0) is 29.1. The van der Waals surface area contributed by atoms with Crippen LogP contribution in [0.4, 0.5) is 0 Å². The number of rotatable bonds is 5. The number of carbonyl (C=O) groups is 3. The third-order valence-electron chi connectivity index (χ3n) is 6.72. The highest BCUT2D eigenvalue weighted by Crippen LogP contribution is 2.19. The maximum absolute atomic E-state index is 13.6. The van der Waals surface area contributed by atoms with E-state index in [9.17, 15) is 14.4 Å². The first-order valence-electron chi connectivity index (χ1n) is 13.9. The fourth-order valence-corrected chi connectivity index (χ4v) is 4.84. The minimum Gasteiger partial charge on any atom is -0.492 e. The lowest BCUT2D eigenvalue weighted by Gasteiger charge is -2.28. The van der Waals surface area contributed by atoms with Crippen molar-refractivity contribution in [2.75, 3.05) is 40.3 Å². The van der Waals surface area contributed by atoms with E-state index in [1.54, 1.807) is 6.07 Å². The molecule has 0 unspecified atom stereocenters. The molecule has 9 nitrogen and oxygen atoms in total. The van der Waals surface area contributed by atoms with Crippen LogP contribution in [-0.2, 0) is 27.2 Å². The van der Waals surface area contributed by atoms with Gasteiger partial charge in [0.1, 0.15) is 24.4 Å². The molecule has 1 aliphatic heterocycles. The predicted molar refractivity (Wildman–Crippen MR) is 157 cm³/mol. The van der Waals surface area contributed by atoms with Gasteiger partial charge in [-0.25, -0.2) is 0 Å². The van der Waals surface area contributed by atoms with Gasteiger partial charge in [0.05, 0.1) is 6.04 Å². The van der Waals surface area contributed by atoms with Crippen LogP contribution in [0.2, 0.25) is 5.02 Å². The molecule has 1 heterocycles. The summed E-state index contributed by atoms with van der Waals surface area (Å²) >= 11 is 6.20. The van der Waals surface area contributed by atoms with Crippen LogP contribution in [0, 0.1) is 5.92 Å². The van der Waals surface area contributed by atoms with Crippen molar-refractivity contribution < 1.29 is 19.1 Å². The molecule has 1 aliphatic rings. The lowest BCUT2D eigenvalue weighted by atomic mass is 10.0. The third-order valence-corrected chi connectivity index (χ3v) is 6.95. The van der Waals surface area contributed by atoms with E-state index in [1.165, 1.54) is 0 Å². The quantitative estimate of drug-likeness (QED) is 0.438. The predicted octanol–water partition coefficient (Wildman–Crippen LogP) is 2.17. The Labute approximate surface area is 242 Å². The first kappa shape index (κ1) is 31.4. The molecule has 0 radical (unpaired) electrons. The van der Waals surface area contributed by atoms with E-state index in [0.717, 1.165) is 29.7 Å². The molecule has 3 amide bonds. The van der Waals surface area contributed by atoms with Crippen molar-refractivity contribution in [1.29, 1.82) is 0 Å². The molecule has 0 aliphatic carbocycles. The Morgan fingerprint density at radius 3 is 2.45 bits per heavy atom. The highest BCUT2D eigenvalue weighted by atomic mass is 35.5. The fourth-order valence-electron chi connectivity index (χ4n) is 4.63. The van der Waals surface area contributed by atoms with E-state index >= 15 is 0 Å². The number of nitrogens with one attached hydrogen (secondary N) is 4. The van der Waals surface area contributed by atoms with Crippen molar-refractivity contribution in [3.63, 3.8) is 0 Å². The van der Waals surface area contributed by atoms with E-state index in [4.69, 9.17) is 16.3 Å². The molecule has 10 heteroatoms. The summed E-state index contributed by atoms with van der Waals surface area (Å²) in [6.45, 7) is 5.29.